The zero-order chi connectivity index (χ0) is 11.4. The third-order valence-electron chi connectivity index (χ3n) is 1.99. The number of halogens is 2. The SMILES string of the molecule is FC(F)(Sc1ccccc1)c1cccnc1. The van der Waals surface area contributed by atoms with Gasteiger partial charge in [-0.15, -0.1) is 0 Å². The van der Waals surface area contributed by atoms with Crippen LogP contribution in [0.3, 0.4) is 0 Å². The molecule has 16 heavy (non-hydrogen) atoms. The van der Waals surface area contributed by atoms with Gasteiger partial charge in [0.15, 0.2) is 0 Å². The zero-order valence-electron chi connectivity index (χ0n) is 8.31. The van der Waals surface area contributed by atoms with Crippen LogP contribution in [0.1, 0.15) is 5.56 Å². The standard InChI is InChI=1S/C12H9F2NS/c13-12(14,10-5-4-8-15-9-10)16-11-6-2-1-3-7-11/h1-9H. The van der Waals surface area contributed by atoms with Crippen LogP contribution in [0.25, 0.3) is 0 Å². The Balaban J connectivity index is 2.21. The first-order chi connectivity index (χ1) is 7.68. The number of nitrogens with zero attached hydrogens (tertiary/aromatic N) is 1. The van der Waals surface area contributed by atoms with Crippen molar-refractivity contribution in [3.63, 3.8) is 0 Å². The number of thioether (sulfide) groups is 1. The molecule has 0 bridgehead atoms. The number of pyridine rings is 1. The van der Waals surface area contributed by atoms with Gasteiger partial charge in [0, 0.05) is 17.3 Å². The summed E-state index contributed by atoms with van der Waals surface area (Å²) in [7, 11) is 0. The number of alkyl halides is 2. The van der Waals surface area contributed by atoms with E-state index in [1.165, 1.54) is 24.5 Å². The van der Waals surface area contributed by atoms with E-state index in [2.05, 4.69) is 4.98 Å². The summed E-state index contributed by atoms with van der Waals surface area (Å²) < 4.78 is 27.5. The fourth-order valence-corrected chi connectivity index (χ4v) is 2.06. The highest BCUT2D eigenvalue weighted by molar-refractivity contribution is 8.00. The minimum Gasteiger partial charge on any atom is -0.264 e. The molecule has 0 N–H and O–H groups in total. The van der Waals surface area contributed by atoms with Crippen molar-refractivity contribution < 1.29 is 8.78 Å². The maximum Gasteiger partial charge on any atom is 0.325 e. The summed E-state index contributed by atoms with van der Waals surface area (Å²) in [5.74, 6) is 0. The number of hydrogen-bond donors (Lipinski definition) is 0. The van der Waals surface area contributed by atoms with Gasteiger partial charge in [0.05, 0.1) is 5.56 Å². The molecule has 82 valence electrons. The second-order valence-corrected chi connectivity index (χ2v) is 4.36. The Morgan fingerprint density at radius 1 is 1.00 bits per heavy atom. The molecule has 0 unspecified atom stereocenters. The second-order valence-electron chi connectivity index (χ2n) is 3.17. The van der Waals surface area contributed by atoms with Crippen molar-refractivity contribution in [1.82, 2.24) is 4.98 Å². The molecular formula is C12H9F2NS. The lowest BCUT2D eigenvalue weighted by molar-refractivity contribution is 0.105. The highest BCUT2D eigenvalue weighted by Crippen LogP contribution is 2.43. The molecule has 0 spiro atoms. The van der Waals surface area contributed by atoms with Crippen LogP contribution in [0.4, 0.5) is 8.78 Å². The summed E-state index contributed by atoms with van der Waals surface area (Å²) >= 11 is 0.526. The topological polar surface area (TPSA) is 12.9 Å². The van der Waals surface area contributed by atoms with Gasteiger partial charge in [-0.05, 0) is 36.0 Å². The van der Waals surface area contributed by atoms with E-state index >= 15 is 0 Å². The molecule has 2 rings (SSSR count). The van der Waals surface area contributed by atoms with Gasteiger partial charge in [-0.25, -0.2) is 0 Å². The van der Waals surface area contributed by atoms with Crippen molar-refractivity contribution in [2.45, 2.75) is 10.2 Å². The highest BCUT2D eigenvalue weighted by atomic mass is 32.2. The summed E-state index contributed by atoms with van der Waals surface area (Å²) in [5, 5.41) is -2.95. The normalized spacial score (nSPS) is 11.4. The van der Waals surface area contributed by atoms with Gasteiger partial charge in [-0.3, -0.25) is 4.98 Å². The fourth-order valence-electron chi connectivity index (χ4n) is 1.23. The van der Waals surface area contributed by atoms with Crippen LogP contribution in [0.2, 0.25) is 0 Å². The van der Waals surface area contributed by atoms with Crippen LogP contribution in [-0.2, 0) is 5.25 Å². The summed E-state index contributed by atoms with van der Waals surface area (Å²) in [5.41, 5.74) is -0.0798. The maximum absolute atomic E-state index is 13.8. The van der Waals surface area contributed by atoms with Crippen LogP contribution in [0.5, 0.6) is 0 Å². The summed E-state index contributed by atoms with van der Waals surface area (Å²) in [6, 6.07) is 11.5. The predicted molar refractivity (Wildman–Crippen MR) is 60.4 cm³/mol. The van der Waals surface area contributed by atoms with E-state index in [-0.39, 0.29) is 5.56 Å². The molecular weight excluding hydrogens is 228 g/mol. The minimum absolute atomic E-state index is 0.0798. The molecule has 1 nitrogen and oxygen atoms in total. The van der Waals surface area contributed by atoms with Crippen LogP contribution >= 0.6 is 11.8 Å². The number of benzene rings is 1. The lowest BCUT2D eigenvalue weighted by atomic mass is 10.3. The van der Waals surface area contributed by atoms with Crippen LogP contribution in [0.15, 0.2) is 59.8 Å². The number of aromatic nitrogens is 1. The molecule has 1 aromatic carbocycles. The van der Waals surface area contributed by atoms with Crippen molar-refractivity contribution in [3.8, 4) is 0 Å². The van der Waals surface area contributed by atoms with E-state index in [0.717, 1.165) is 0 Å². The zero-order valence-corrected chi connectivity index (χ0v) is 9.12. The van der Waals surface area contributed by atoms with Crippen LogP contribution < -0.4 is 0 Å². The maximum atomic E-state index is 13.8. The average Bonchev–Trinajstić information content (AvgIpc) is 2.31. The third kappa shape index (κ3) is 2.58. The Hall–Kier alpha value is -1.42. The highest BCUT2D eigenvalue weighted by Gasteiger charge is 2.33. The Kier molecular flexibility index (Phi) is 3.19. The Bertz CT molecular complexity index is 445. The van der Waals surface area contributed by atoms with Gasteiger partial charge < -0.3 is 0 Å². The minimum atomic E-state index is -2.95. The van der Waals surface area contributed by atoms with Gasteiger partial charge in [-0.2, -0.15) is 8.78 Å². The molecule has 0 saturated heterocycles. The first kappa shape index (κ1) is 11.1. The smallest absolute Gasteiger partial charge is 0.264 e. The van der Waals surface area contributed by atoms with Gasteiger partial charge in [0.25, 0.3) is 0 Å². The van der Waals surface area contributed by atoms with Crippen molar-refractivity contribution in [2.75, 3.05) is 0 Å². The second kappa shape index (κ2) is 4.61. The van der Waals surface area contributed by atoms with Gasteiger partial charge >= 0.3 is 5.25 Å². The van der Waals surface area contributed by atoms with E-state index in [1.54, 1.807) is 30.3 Å². The lowest BCUT2D eigenvalue weighted by Crippen LogP contribution is -2.07. The van der Waals surface area contributed by atoms with E-state index < -0.39 is 5.25 Å². The number of hydrogen-bond acceptors (Lipinski definition) is 2. The summed E-state index contributed by atoms with van der Waals surface area (Å²) in [4.78, 5) is 4.24. The van der Waals surface area contributed by atoms with Crippen LogP contribution in [0, 0.1) is 0 Å². The Labute approximate surface area is 96.5 Å². The van der Waals surface area contributed by atoms with E-state index in [9.17, 15) is 8.78 Å². The van der Waals surface area contributed by atoms with Crippen molar-refractivity contribution in [1.29, 1.82) is 0 Å². The summed E-state index contributed by atoms with van der Waals surface area (Å²) in [6.45, 7) is 0. The molecule has 2 aromatic rings. The molecule has 0 aliphatic carbocycles. The van der Waals surface area contributed by atoms with E-state index in [0.29, 0.717) is 16.7 Å². The fraction of sp³-hybridized carbons (Fsp3) is 0.0833. The molecule has 0 fully saturated rings. The third-order valence-corrected chi connectivity index (χ3v) is 2.99. The van der Waals surface area contributed by atoms with E-state index in [4.69, 9.17) is 0 Å². The molecule has 0 aliphatic heterocycles. The molecule has 0 aliphatic rings. The van der Waals surface area contributed by atoms with Gasteiger partial charge in [0.2, 0.25) is 0 Å². The molecule has 0 amide bonds. The first-order valence-electron chi connectivity index (χ1n) is 4.71. The number of rotatable bonds is 3. The molecule has 1 heterocycles. The predicted octanol–water partition coefficient (Wildman–Crippen LogP) is 3.92. The summed E-state index contributed by atoms with van der Waals surface area (Å²) in [6.07, 6.45) is 2.67. The molecule has 1 aromatic heterocycles. The molecule has 0 atom stereocenters. The van der Waals surface area contributed by atoms with Gasteiger partial charge in [-0.1, -0.05) is 18.2 Å². The van der Waals surface area contributed by atoms with Gasteiger partial charge in [0.1, 0.15) is 0 Å². The van der Waals surface area contributed by atoms with Crippen molar-refractivity contribution in [2.24, 2.45) is 0 Å². The Morgan fingerprint density at radius 3 is 2.38 bits per heavy atom. The van der Waals surface area contributed by atoms with Crippen molar-refractivity contribution >= 4 is 11.8 Å². The quantitative estimate of drug-likeness (QED) is 0.750. The lowest BCUT2D eigenvalue weighted by Gasteiger charge is -2.15. The largest absolute Gasteiger partial charge is 0.325 e. The first-order valence-corrected chi connectivity index (χ1v) is 5.52. The molecule has 0 radical (unpaired) electrons. The van der Waals surface area contributed by atoms with E-state index in [1.807, 2.05) is 0 Å². The molecule has 0 saturated carbocycles. The molecule has 4 heteroatoms. The average molecular weight is 237 g/mol. The van der Waals surface area contributed by atoms with Crippen molar-refractivity contribution in [3.05, 3.63) is 60.4 Å². The Morgan fingerprint density at radius 2 is 1.75 bits per heavy atom. The monoisotopic (exact) mass is 237 g/mol. The van der Waals surface area contributed by atoms with Crippen LogP contribution in [-0.4, -0.2) is 4.98 Å².